The number of nitrogens with zero attached hydrogens (tertiary/aromatic N) is 1. The number of rotatable bonds is 1. The maximum atomic E-state index is 4.31. The van der Waals surface area contributed by atoms with E-state index in [2.05, 4.69) is 32.6 Å². The molecular weight excluding hydrogens is 271 g/mol. The van der Waals surface area contributed by atoms with Crippen LogP contribution >= 0.6 is 34.4 Å². The third kappa shape index (κ3) is 1.72. The molecule has 0 saturated carbocycles. The van der Waals surface area contributed by atoms with Gasteiger partial charge in [-0.15, -0.1) is 0 Å². The van der Waals surface area contributed by atoms with Crippen LogP contribution in [0.3, 0.4) is 0 Å². The quantitative estimate of drug-likeness (QED) is 0.801. The first-order valence-corrected chi connectivity index (χ1v) is 5.81. The summed E-state index contributed by atoms with van der Waals surface area (Å²) in [4.78, 5) is 7.59. The standard InChI is InChI=1S/C7H9IN2S/c8-6-4-9-7(10-6)5-2-1-3-11-5/h4-5H,1-3H2,(H,9,10)/t5-/m1/s1. The van der Waals surface area contributed by atoms with E-state index in [0.29, 0.717) is 5.25 Å². The second-order valence-corrected chi connectivity index (χ2v) is 5.09. The molecule has 0 aliphatic carbocycles. The zero-order valence-electron chi connectivity index (χ0n) is 6.01. The van der Waals surface area contributed by atoms with Crippen LogP contribution in [0.15, 0.2) is 6.20 Å². The van der Waals surface area contributed by atoms with Gasteiger partial charge < -0.3 is 4.98 Å². The number of H-pyrrole nitrogens is 1. The van der Waals surface area contributed by atoms with Gasteiger partial charge in [0.05, 0.1) is 15.1 Å². The van der Waals surface area contributed by atoms with Crippen LogP contribution < -0.4 is 0 Å². The van der Waals surface area contributed by atoms with Crippen LogP contribution in [0.4, 0.5) is 0 Å². The Morgan fingerprint density at radius 3 is 3.18 bits per heavy atom. The Balaban J connectivity index is 2.15. The first-order valence-electron chi connectivity index (χ1n) is 3.68. The van der Waals surface area contributed by atoms with Crippen molar-refractivity contribution in [3.8, 4) is 0 Å². The molecule has 1 aromatic heterocycles. The Morgan fingerprint density at radius 1 is 1.73 bits per heavy atom. The molecule has 1 N–H and O–H groups in total. The summed E-state index contributed by atoms with van der Waals surface area (Å²) < 4.78 is 1.14. The molecule has 2 nitrogen and oxygen atoms in total. The van der Waals surface area contributed by atoms with Gasteiger partial charge in [0, 0.05) is 0 Å². The topological polar surface area (TPSA) is 28.7 Å². The lowest BCUT2D eigenvalue weighted by atomic mass is 10.2. The van der Waals surface area contributed by atoms with Gasteiger partial charge >= 0.3 is 0 Å². The monoisotopic (exact) mass is 280 g/mol. The van der Waals surface area contributed by atoms with E-state index >= 15 is 0 Å². The van der Waals surface area contributed by atoms with Gasteiger partial charge in [-0.3, -0.25) is 0 Å². The summed E-state index contributed by atoms with van der Waals surface area (Å²) >= 11 is 4.27. The summed E-state index contributed by atoms with van der Waals surface area (Å²) in [5.74, 6) is 2.46. The van der Waals surface area contributed by atoms with E-state index in [0.717, 1.165) is 9.53 Å². The van der Waals surface area contributed by atoms with Gasteiger partial charge in [0.2, 0.25) is 0 Å². The Morgan fingerprint density at radius 2 is 2.64 bits per heavy atom. The van der Waals surface area contributed by atoms with Gasteiger partial charge in [-0.2, -0.15) is 11.8 Å². The van der Waals surface area contributed by atoms with E-state index in [1.807, 2.05) is 18.0 Å². The third-order valence-corrected chi connectivity index (χ3v) is 3.73. The summed E-state index contributed by atoms with van der Waals surface area (Å²) in [6.07, 6.45) is 4.52. The summed E-state index contributed by atoms with van der Waals surface area (Å²) in [7, 11) is 0. The second kappa shape index (κ2) is 3.35. The highest BCUT2D eigenvalue weighted by Gasteiger charge is 2.19. The number of hydrogen-bond donors (Lipinski definition) is 1. The number of aromatic amines is 1. The fraction of sp³-hybridized carbons (Fsp3) is 0.571. The molecule has 1 fully saturated rings. The minimum Gasteiger partial charge on any atom is -0.337 e. The SMILES string of the molecule is Ic1cnc([C@H]2CCCS2)[nH]1. The van der Waals surface area contributed by atoms with E-state index in [-0.39, 0.29) is 0 Å². The highest BCUT2D eigenvalue weighted by Crippen LogP contribution is 2.38. The molecule has 1 atom stereocenters. The smallest absolute Gasteiger partial charge is 0.120 e. The predicted molar refractivity (Wildman–Crippen MR) is 55.7 cm³/mol. The van der Waals surface area contributed by atoms with Crippen LogP contribution in [0.2, 0.25) is 0 Å². The Hall–Kier alpha value is 0.290. The maximum Gasteiger partial charge on any atom is 0.120 e. The van der Waals surface area contributed by atoms with Crippen molar-refractivity contribution >= 4 is 34.4 Å². The number of aromatic nitrogens is 2. The van der Waals surface area contributed by atoms with Crippen molar-refractivity contribution in [3.05, 3.63) is 15.7 Å². The lowest BCUT2D eigenvalue weighted by molar-refractivity contribution is 0.789. The van der Waals surface area contributed by atoms with Gasteiger partial charge in [-0.05, 0) is 41.2 Å². The van der Waals surface area contributed by atoms with Gasteiger partial charge in [0.15, 0.2) is 0 Å². The molecule has 1 aliphatic rings. The molecule has 0 radical (unpaired) electrons. The molecule has 0 unspecified atom stereocenters. The molecule has 1 aromatic rings. The van der Waals surface area contributed by atoms with Crippen LogP contribution in [0.5, 0.6) is 0 Å². The zero-order chi connectivity index (χ0) is 7.68. The summed E-state index contributed by atoms with van der Waals surface area (Å²) in [6, 6.07) is 0. The van der Waals surface area contributed by atoms with Gasteiger partial charge in [-0.1, -0.05) is 0 Å². The minimum atomic E-state index is 0.638. The van der Waals surface area contributed by atoms with E-state index in [1.165, 1.54) is 18.6 Å². The fourth-order valence-corrected chi connectivity index (χ4v) is 2.91. The number of hydrogen-bond acceptors (Lipinski definition) is 2. The first-order chi connectivity index (χ1) is 5.36. The van der Waals surface area contributed by atoms with Crippen molar-refractivity contribution in [2.24, 2.45) is 0 Å². The average molecular weight is 280 g/mol. The van der Waals surface area contributed by atoms with Crippen LogP contribution in [0, 0.1) is 3.70 Å². The normalized spacial score (nSPS) is 24.3. The highest BCUT2D eigenvalue weighted by molar-refractivity contribution is 14.1. The molecular formula is C7H9IN2S. The lowest BCUT2D eigenvalue weighted by Gasteiger charge is -2.01. The average Bonchev–Trinajstić information content (AvgIpc) is 2.55. The number of halogens is 1. The molecule has 0 aromatic carbocycles. The van der Waals surface area contributed by atoms with Gasteiger partial charge in [0.1, 0.15) is 5.82 Å². The van der Waals surface area contributed by atoms with Crippen LogP contribution in [-0.2, 0) is 0 Å². The van der Waals surface area contributed by atoms with E-state index in [4.69, 9.17) is 0 Å². The maximum absolute atomic E-state index is 4.31. The first kappa shape index (κ1) is 7.91. The van der Waals surface area contributed by atoms with E-state index in [1.54, 1.807) is 0 Å². The zero-order valence-corrected chi connectivity index (χ0v) is 8.98. The molecule has 0 bridgehead atoms. The molecule has 1 aliphatic heterocycles. The molecule has 11 heavy (non-hydrogen) atoms. The number of nitrogens with one attached hydrogen (secondary N) is 1. The molecule has 60 valence electrons. The van der Waals surface area contributed by atoms with Crippen molar-refractivity contribution in [1.82, 2.24) is 9.97 Å². The Labute approximate surface area is 83.7 Å². The van der Waals surface area contributed by atoms with Crippen molar-refractivity contribution < 1.29 is 0 Å². The number of thioether (sulfide) groups is 1. The van der Waals surface area contributed by atoms with Crippen molar-refractivity contribution in [2.75, 3.05) is 5.75 Å². The summed E-state index contributed by atoms with van der Waals surface area (Å²) in [6.45, 7) is 0. The molecule has 1 saturated heterocycles. The summed E-state index contributed by atoms with van der Waals surface area (Å²) in [5, 5.41) is 0.638. The largest absolute Gasteiger partial charge is 0.337 e. The molecule has 0 amide bonds. The van der Waals surface area contributed by atoms with Crippen LogP contribution in [-0.4, -0.2) is 15.7 Å². The molecule has 0 spiro atoms. The van der Waals surface area contributed by atoms with Crippen molar-refractivity contribution in [2.45, 2.75) is 18.1 Å². The Kier molecular flexibility index (Phi) is 2.41. The third-order valence-electron chi connectivity index (χ3n) is 1.80. The van der Waals surface area contributed by atoms with Gasteiger partial charge in [0.25, 0.3) is 0 Å². The van der Waals surface area contributed by atoms with Crippen LogP contribution in [0.25, 0.3) is 0 Å². The second-order valence-electron chi connectivity index (χ2n) is 2.62. The fourth-order valence-electron chi connectivity index (χ4n) is 1.27. The highest BCUT2D eigenvalue weighted by atomic mass is 127. The molecule has 4 heteroatoms. The van der Waals surface area contributed by atoms with Crippen molar-refractivity contribution in [3.63, 3.8) is 0 Å². The lowest BCUT2D eigenvalue weighted by Crippen LogP contribution is -1.90. The Bertz CT molecular complexity index is 242. The summed E-state index contributed by atoms with van der Waals surface area (Å²) in [5.41, 5.74) is 0. The minimum absolute atomic E-state index is 0.638. The molecule has 2 heterocycles. The molecule has 2 rings (SSSR count). The van der Waals surface area contributed by atoms with Crippen LogP contribution in [0.1, 0.15) is 23.9 Å². The van der Waals surface area contributed by atoms with E-state index < -0.39 is 0 Å². The van der Waals surface area contributed by atoms with E-state index in [9.17, 15) is 0 Å². The predicted octanol–water partition coefficient (Wildman–Crippen LogP) is 2.58. The van der Waals surface area contributed by atoms with Gasteiger partial charge in [-0.25, -0.2) is 4.98 Å². The number of imidazole rings is 1. The van der Waals surface area contributed by atoms with Crippen molar-refractivity contribution in [1.29, 1.82) is 0 Å².